The number of carbonyl (C=O) groups excluding carboxylic acids is 1. The number of nitrogens with zero attached hydrogens (tertiary/aromatic N) is 1. The van der Waals surface area contributed by atoms with Crippen LogP contribution in [0.2, 0.25) is 0 Å². The fourth-order valence-electron chi connectivity index (χ4n) is 1.48. The monoisotopic (exact) mass is 284 g/mol. The molecule has 0 spiro atoms. The van der Waals surface area contributed by atoms with E-state index in [4.69, 9.17) is 4.74 Å². The van der Waals surface area contributed by atoms with Crippen molar-refractivity contribution < 1.29 is 17.9 Å². The van der Waals surface area contributed by atoms with E-state index >= 15 is 0 Å². The molecule has 0 aromatic heterocycles. The lowest BCUT2D eigenvalue weighted by Crippen LogP contribution is -2.26. The molecule has 0 aliphatic carbocycles. The Balaban J connectivity index is 2.94. The molecule has 0 heterocycles. The zero-order chi connectivity index (χ0) is 14.5. The first-order valence-corrected chi connectivity index (χ1v) is 7.72. The average Bonchev–Trinajstić information content (AvgIpc) is 2.27. The molecule has 5 nitrogen and oxygen atoms in total. The van der Waals surface area contributed by atoms with E-state index in [1.165, 1.54) is 6.07 Å². The predicted octanol–water partition coefficient (Wildman–Crippen LogP) is 1.96. The van der Waals surface area contributed by atoms with Crippen LogP contribution in [0.3, 0.4) is 0 Å². The molecule has 1 aromatic rings. The van der Waals surface area contributed by atoms with Gasteiger partial charge in [0.15, 0.2) is 0 Å². The summed E-state index contributed by atoms with van der Waals surface area (Å²) in [4.78, 5) is 11.9. The number of hydrogen-bond donors (Lipinski definition) is 0. The van der Waals surface area contributed by atoms with Crippen molar-refractivity contribution in [2.45, 2.75) is 33.3 Å². The first-order valence-electron chi connectivity index (χ1n) is 6.11. The van der Waals surface area contributed by atoms with Crippen molar-refractivity contribution in [1.82, 2.24) is 4.72 Å². The summed E-state index contributed by atoms with van der Waals surface area (Å²) in [6.45, 7) is 5.37. The van der Waals surface area contributed by atoms with Crippen molar-refractivity contribution in [2.24, 2.45) is 0 Å². The van der Waals surface area contributed by atoms with E-state index in [1.807, 2.05) is 13.8 Å². The van der Waals surface area contributed by atoms with E-state index in [-0.39, 0.29) is 17.4 Å². The molecule has 105 valence electrons. The summed E-state index contributed by atoms with van der Waals surface area (Å²) < 4.78 is 31.8. The van der Waals surface area contributed by atoms with Gasteiger partial charge in [-0.15, -0.1) is 4.72 Å². The van der Waals surface area contributed by atoms with Crippen LogP contribution in [0.4, 0.5) is 0 Å². The van der Waals surface area contributed by atoms with Crippen LogP contribution in [0.15, 0.2) is 24.3 Å². The lowest BCUT2D eigenvalue weighted by atomic mass is 10.2. The van der Waals surface area contributed by atoms with Gasteiger partial charge in [-0.25, -0.2) is 8.42 Å². The molecule has 0 bridgehead atoms. The van der Waals surface area contributed by atoms with Gasteiger partial charge in [0.1, 0.15) is 5.75 Å². The summed E-state index contributed by atoms with van der Waals surface area (Å²) in [5, 5.41) is 0. The van der Waals surface area contributed by atoms with Crippen molar-refractivity contribution in [3.63, 3.8) is 0 Å². The maximum Gasteiger partial charge on any atom is 0.291 e. The summed E-state index contributed by atoms with van der Waals surface area (Å²) >= 11 is 0. The Hall–Kier alpha value is -1.56. The number of hydrogen-bond acceptors (Lipinski definition) is 4. The fraction of sp³-hybridized carbons (Fsp3) is 0.462. The van der Waals surface area contributed by atoms with Gasteiger partial charge in [-0.2, -0.15) is 0 Å². The van der Waals surface area contributed by atoms with Crippen molar-refractivity contribution in [3.8, 4) is 5.75 Å². The summed E-state index contributed by atoms with van der Waals surface area (Å²) in [5.41, 5.74) is 0.163. The Morgan fingerprint density at radius 2 is 1.95 bits per heavy atom. The van der Waals surface area contributed by atoms with Crippen molar-refractivity contribution in [1.29, 1.82) is 0 Å². The van der Waals surface area contributed by atoms with Gasteiger partial charge in [-0.05, 0) is 32.4 Å². The van der Waals surface area contributed by atoms with Crippen molar-refractivity contribution in [2.75, 3.05) is 5.75 Å². The van der Waals surface area contributed by atoms with Gasteiger partial charge >= 0.3 is 0 Å². The highest BCUT2D eigenvalue weighted by atomic mass is 32.2. The molecule has 19 heavy (non-hydrogen) atoms. The molecule has 0 saturated carbocycles. The molecule has 0 aliphatic heterocycles. The molecule has 0 N–H and O–H groups in total. The minimum absolute atomic E-state index is 0.110. The third-order valence-electron chi connectivity index (χ3n) is 2.16. The molecule has 1 aromatic carbocycles. The number of sulfonamides is 1. The lowest BCUT2D eigenvalue weighted by molar-refractivity contribution is 0.0972. The van der Waals surface area contributed by atoms with E-state index in [0.29, 0.717) is 12.2 Å². The minimum Gasteiger partial charge on any atom is -0.490 e. The Kier molecular flexibility index (Phi) is 5.35. The highest BCUT2D eigenvalue weighted by Gasteiger charge is 2.21. The molecule has 0 unspecified atom stereocenters. The molecule has 1 rings (SSSR count). The summed E-state index contributed by atoms with van der Waals surface area (Å²) in [5.74, 6) is -0.575. The second-order valence-corrected chi connectivity index (χ2v) is 6.10. The quantitative estimate of drug-likeness (QED) is 0.800. The van der Waals surface area contributed by atoms with Gasteiger partial charge in [-0.3, -0.25) is 4.79 Å². The molecule has 0 atom stereocenters. The number of benzene rings is 1. The van der Waals surface area contributed by atoms with Gasteiger partial charge in [0.2, 0.25) is 0 Å². The van der Waals surface area contributed by atoms with Gasteiger partial charge in [0, 0.05) is 0 Å². The largest absolute Gasteiger partial charge is 0.490 e. The van der Waals surface area contributed by atoms with Gasteiger partial charge in [0.05, 0.1) is 17.4 Å². The highest BCUT2D eigenvalue weighted by Crippen LogP contribution is 2.19. The first kappa shape index (κ1) is 15.5. The van der Waals surface area contributed by atoms with E-state index in [9.17, 15) is 13.2 Å². The molecular weight excluding hydrogens is 266 g/mol. The smallest absolute Gasteiger partial charge is 0.291 e. The van der Waals surface area contributed by atoms with E-state index in [1.54, 1.807) is 25.1 Å². The second-order valence-electron chi connectivity index (χ2n) is 4.35. The zero-order valence-corrected chi connectivity index (χ0v) is 12.1. The maximum absolute atomic E-state index is 11.9. The standard InChI is InChI=1S/C13H18NO4S/c1-4-9-19(16,17)14-13(15)11-7-5-6-8-12(11)18-10(2)3/h5-8,10H,4,9H2,1-3H3. The second kappa shape index (κ2) is 6.56. The number of amides is 1. The van der Waals surface area contributed by atoms with Crippen LogP contribution in [0.5, 0.6) is 5.75 Å². The van der Waals surface area contributed by atoms with E-state index in [2.05, 4.69) is 4.72 Å². The van der Waals surface area contributed by atoms with Crippen LogP contribution in [0, 0.1) is 0 Å². The number of carbonyl (C=O) groups is 1. The topological polar surface area (TPSA) is 74.5 Å². The molecule has 0 saturated heterocycles. The number of rotatable bonds is 6. The van der Waals surface area contributed by atoms with Crippen LogP contribution >= 0.6 is 0 Å². The predicted molar refractivity (Wildman–Crippen MR) is 72.7 cm³/mol. The fourth-order valence-corrected chi connectivity index (χ4v) is 2.44. The van der Waals surface area contributed by atoms with Crippen LogP contribution in [0.25, 0.3) is 0 Å². The third-order valence-corrected chi connectivity index (χ3v) is 3.53. The molecule has 1 radical (unpaired) electrons. The van der Waals surface area contributed by atoms with Gasteiger partial charge < -0.3 is 4.74 Å². The maximum atomic E-state index is 11.9. The van der Waals surface area contributed by atoms with Crippen LogP contribution in [0.1, 0.15) is 37.6 Å². The lowest BCUT2D eigenvalue weighted by Gasteiger charge is -2.13. The Morgan fingerprint density at radius 1 is 1.32 bits per heavy atom. The summed E-state index contributed by atoms with van der Waals surface area (Å²) in [6, 6.07) is 6.48. The van der Waals surface area contributed by atoms with E-state index in [0.717, 1.165) is 0 Å². The average molecular weight is 284 g/mol. The number of ether oxygens (including phenoxy) is 1. The Morgan fingerprint density at radius 3 is 2.53 bits per heavy atom. The normalized spacial score (nSPS) is 11.4. The zero-order valence-electron chi connectivity index (χ0n) is 11.3. The highest BCUT2D eigenvalue weighted by molar-refractivity contribution is 7.89. The third kappa shape index (κ3) is 4.90. The molecule has 6 heteroatoms. The van der Waals surface area contributed by atoms with Gasteiger partial charge in [-0.1, -0.05) is 19.1 Å². The van der Waals surface area contributed by atoms with Crippen LogP contribution in [-0.4, -0.2) is 26.2 Å². The van der Waals surface area contributed by atoms with Crippen molar-refractivity contribution >= 4 is 15.9 Å². The molecule has 0 fully saturated rings. The van der Waals surface area contributed by atoms with Gasteiger partial charge in [0.25, 0.3) is 15.9 Å². The Labute approximate surface area is 114 Å². The molecule has 1 amide bonds. The molecular formula is C13H18NO4S. The first-order chi connectivity index (χ1) is 8.85. The molecule has 0 aliphatic rings. The Bertz CT molecular complexity index is 537. The minimum atomic E-state index is -3.70. The van der Waals surface area contributed by atoms with Crippen LogP contribution < -0.4 is 9.46 Å². The number of para-hydroxylation sites is 1. The van der Waals surface area contributed by atoms with E-state index < -0.39 is 15.9 Å². The van der Waals surface area contributed by atoms with Crippen molar-refractivity contribution in [3.05, 3.63) is 29.8 Å². The summed E-state index contributed by atoms with van der Waals surface area (Å²) in [6.07, 6.45) is 0.310. The SMILES string of the molecule is CCCS(=O)(=O)[N]C(=O)c1ccccc1OC(C)C. The summed E-state index contributed by atoms with van der Waals surface area (Å²) in [7, 11) is -3.70. The van der Waals surface area contributed by atoms with Crippen LogP contribution in [-0.2, 0) is 10.0 Å².